The standard InChI is InChI=1S/C11H9FO3S/c12-7-2-1-3-9(4-7)16-11(10(14)15)5-8(13)6-11/h1-4H,5-6H2,(H,14,15). The molecule has 0 unspecified atom stereocenters. The van der Waals surface area contributed by atoms with E-state index in [9.17, 15) is 14.0 Å². The van der Waals surface area contributed by atoms with Crippen molar-refractivity contribution in [3.63, 3.8) is 0 Å². The first-order valence-electron chi connectivity index (χ1n) is 4.71. The summed E-state index contributed by atoms with van der Waals surface area (Å²) in [5.74, 6) is -1.48. The number of halogens is 1. The van der Waals surface area contributed by atoms with Gasteiger partial charge in [0.2, 0.25) is 0 Å². The highest BCUT2D eigenvalue weighted by atomic mass is 32.2. The van der Waals surface area contributed by atoms with E-state index in [1.165, 1.54) is 18.2 Å². The summed E-state index contributed by atoms with van der Waals surface area (Å²) in [6.07, 6.45) is 0.0347. The molecule has 3 nitrogen and oxygen atoms in total. The van der Waals surface area contributed by atoms with Gasteiger partial charge in [0.1, 0.15) is 16.3 Å². The van der Waals surface area contributed by atoms with Gasteiger partial charge in [-0.3, -0.25) is 9.59 Å². The average molecular weight is 240 g/mol. The summed E-state index contributed by atoms with van der Waals surface area (Å²) >= 11 is 1.04. The molecule has 0 aromatic heterocycles. The maximum Gasteiger partial charge on any atom is 0.321 e. The Hall–Kier alpha value is -1.36. The van der Waals surface area contributed by atoms with E-state index in [-0.39, 0.29) is 18.6 Å². The second-order valence-corrected chi connectivity index (χ2v) is 5.21. The molecular weight excluding hydrogens is 231 g/mol. The molecule has 1 saturated carbocycles. The molecule has 0 spiro atoms. The number of carboxylic acids is 1. The first kappa shape index (κ1) is 11.1. The molecule has 5 heteroatoms. The smallest absolute Gasteiger partial charge is 0.321 e. The van der Waals surface area contributed by atoms with E-state index in [2.05, 4.69) is 0 Å². The van der Waals surface area contributed by atoms with E-state index < -0.39 is 16.5 Å². The fraction of sp³-hybridized carbons (Fsp3) is 0.273. The van der Waals surface area contributed by atoms with Gasteiger partial charge in [-0.1, -0.05) is 6.07 Å². The third-order valence-corrected chi connectivity index (χ3v) is 3.81. The van der Waals surface area contributed by atoms with Gasteiger partial charge in [0.05, 0.1) is 0 Å². The Labute approximate surface area is 95.7 Å². The number of thioether (sulfide) groups is 1. The zero-order valence-electron chi connectivity index (χ0n) is 8.27. The van der Waals surface area contributed by atoms with E-state index in [1.807, 2.05) is 0 Å². The summed E-state index contributed by atoms with van der Waals surface area (Å²) < 4.78 is 11.8. The Morgan fingerprint density at radius 2 is 2.12 bits per heavy atom. The number of Topliss-reactive ketones (excluding diaryl/α,β-unsaturated/α-hetero) is 1. The molecule has 0 amide bonds. The third kappa shape index (κ3) is 1.95. The lowest BCUT2D eigenvalue weighted by Gasteiger charge is -2.35. The van der Waals surface area contributed by atoms with Gasteiger partial charge in [0.25, 0.3) is 0 Å². The van der Waals surface area contributed by atoms with Crippen LogP contribution in [-0.4, -0.2) is 21.6 Å². The summed E-state index contributed by atoms with van der Waals surface area (Å²) in [4.78, 5) is 22.5. The molecule has 1 aromatic carbocycles. The minimum atomic E-state index is -1.09. The molecule has 1 aliphatic carbocycles. The van der Waals surface area contributed by atoms with Crippen LogP contribution in [0.3, 0.4) is 0 Å². The first-order valence-corrected chi connectivity index (χ1v) is 5.53. The quantitative estimate of drug-likeness (QED) is 0.879. The summed E-state index contributed by atoms with van der Waals surface area (Å²) in [5, 5.41) is 9.07. The predicted octanol–water partition coefficient (Wildman–Crippen LogP) is 2.10. The minimum Gasteiger partial charge on any atom is -0.480 e. The lowest BCUT2D eigenvalue weighted by molar-refractivity contribution is -0.147. The van der Waals surface area contributed by atoms with E-state index in [0.717, 1.165) is 11.8 Å². The van der Waals surface area contributed by atoms with Crippen LogP contribution in [0, 0.1) is 5.82 Å². The van der Waals surface area contributed by atoms with Gasteiger partial charge in [-0.25, -0.2) is 4.39 Å². The van der Waals surface area contributed by atoms with Crippen LogP contribution in [0.2, 0.25) is 0 Å². The van der Waals surface area contributed by atoms with Gasteiger partial charge in [-0.2, -0.15) is 0 Å². The SMILES string of the molecule is O=C1CC(Sc2cccc(F)c2)(C(=O)O)C1. The average Bonchev–Trinajstić information content (AvgIpc) is 2.14. The van der Waals surface area contributed by atoms with E-state index in [4.69, 9.17) is 5.11 Å². The van der Waals surface area contributed by atoms with Gasteiger partial charge in [-0.15, -0.1) is 11.8 Å². The third-order valence-electron chi connectivity index (χ3n) is 2.46. The van der Waals surface area contributed by atoms with Crippen molar-refractivity contribution in [1.82, 2.24) is 0 Å². The van der Waals surface area contributed by atoms with Crippen LogP contribution in [0.25, 0.3) is 0 Å². The van der Waals surface area contributed by atoms with E-state index in [0.29, 0.717) is 4.90 Å². The molecule has 84 valence electrons. The van der Waals surface area contributed by atoms with E-state index >= 15 is 0 Å². The zero-order chi connectivity index (χ0) is 11.8. The van der Waals surface area contributed by atoms with E-state index in [1.54, 1.807) is 6.07 Å². The van der Waals surface area contributed by atoms with Gasteiger partial charge < -0.3 is 5.11 Å². The summed E-state index contributed by atoms with van der Waals surface area (Å²) in [6, 6.07) is 5.73. The number of benzene rings is 1. The molecular formula is C11H9FO3S. The molecule has 16 heavy (non-hydrogen) atoms. The largest absolute Gasteiger partial charge is 0.480 e. The van der Waals surface area contributed by atoms with Crippen molar-refractivity contribution >= 4 is 23.5 Å². The van der Waals surface area contributed by atoms with Crippen LogP contribution in [0.15, 0.2) is 29.2 Å². The highest BCUT2D eigenvalue weighted by molar-refractivity contribution is 8.01. The Morgan fingerprint density at radius 3 is 2.62 bits per heavy atom. The highest BCUT2D eigenvalue weighted by Gasteiger charge is 2.51. The van der Waals surface area contributed by atoms with Crippen LogP contribution in [0.4, 0.5) is 4.39 Å². The number of rotatable bonds is 3. The van der Waals surface area contributed by atoms with Gasteiger partial charge in [0, 0.05) is 17.7 Å². The van der Waals surface area contributed by atoms with Crippen molar-refractivity contribution in [2.24, 2.45) is 0 Å². The molecule has 1 aliphatic rings. The normalized spacial score (nSPS) is 17.9. The molecule has 0 heterocycles. The number of aliphatic carboxylic acids is 1. The second-order valence-electron chi connectivity index (χ2n) is 3.75. The fourth-order valence-electron chi connectivity index (χ4n) is 1.61. The molecule has 0 radical (unpaired) electrons. The maximum absolute atomic E-state index is 12.9. The number of hydrogen-bond donors (Lipinski definition) is 1. The number of carbonyl (C=O) groups is 2. The summed E-state index contributed by atoms with van der Waals surface area (Å²) in [5.41, 5.74) is 0. The fourth-order valence-corrected chi connectivity index (χ4v) is 2.93. The molecule has 0 saturated heterocycles. The molecule has 1 fully saturated rings. The second kappa shape index (κ2) is 3.90. The van der Waals surface area contributed by atoms with Crippen LogP contribution in [0.5, 0.6) is 0 Å². The molecule has 1 N–H and O–H groups in total. The molecule has 0 atom stereocenters. The van der Waals surface area contributed by atoms with Gasteiger partial charge in [-0.05, 0) is 18.2 Å². The highest BCUT2D eigenvalue weighted by Crippen LogP contribution is 2.45. The number of carbonyl (C=O) groups excluding carboxylic acids is 1. The number of hydrogen-bond acceptors (Lipinski definition) is 3. The first-order chi connectivity index (χ1) is 7.52. The molecule has 0 aliphatic heterocycles. The topological polar surface area (TPSA) is 54.4 Å². The summed E-state index contributed by atoms with van der Waals surface area (Å²) in [6.45, 7) is 0. The van der Waals surface area contributed by atoms with Crippen LogP contribution < -0.4 is 0 Å². The minimum absolute atomic E-state index is 0.0174. The number of carboxylic acid groups (broad SMARTS) is 1. The van der Waals surface area contributed by atoms with Crippen molar-refractivity contribution < 1.29 is 19.1 Å². The Morgan fingerprint density at radius 1 is 1.44 bits per heavy atom. The van der Waals surface area contributed by atoms with Crippen molar-refractivity contribution in [2.45, 2.75) is 22.5 Å². The van der Waals surface area contributed by atoms with Crippen molar-refractivity contribution in [3.8, 4) is 0 Å². The lowest BCUT2D eigenvalue weighted by atomic mass is 9.83. The monoisotopic (exact) mass is 240 g/mol. The van der Waals surface area contributed by atoms with Crippen molar-refractivity contribution in [3.05, 3.63) is 30.1 Å². The molecule has 0 bridgehead atoms. The molecule has 1 aromatic rings. The number of ketones is 1. The van der Waals surface area contributed by atoms with Gasteiger partial charge >= 0.3 is 5.97 Å². The van der Waals surface area contributed by atoms with Gasteiger partial charge in [0.15, 0.2) is 0 Å². The summed E-state index contributed by atoms with van der Waals surface area (Å²) in [7, 11) is 0. The Balaban J connectivity index is 2.19. The predicted molar refractivity (Wildman–Crippen MR) is 56.9 cm³/mol. The lowest BCUT2D eigenvalue weighted by Crippen LogP contribution is -2.48. The Kier molecular flexibility index (Phi) is 2.71. The Bertz CT molecular complexity index is 450. The maximum atomic E-state index is 12.9. The molecule has 2 rings (SSSR count). The van der Waals surface area contributed by atoms with Crippen LogP contribution >= 0.6 is 11.8 Å². The zero-order valence-corrected chi connectivity index (χ0v) is 9.09. The van der Waals surface area contributed by atoms with Crippen molar-refractivity contribution in [2.75, 3.05) is 0 Å². The van der Waals surface area contributed by atoms with Crippen LogP contribution in [0.1, 0.15) is 12.8 Å². The van der Waals surface area contributed by atoms with Crippen molar-refractivity contribution in [1.29, 1.82) is 0 Å². The van der Waals surface area contributed by atoms with Crippen LogP contribution in [-0.2, 0) is 9.59 Å².